The van der Waals surface area contributed by atoms with Crippen LogP contribution in [0.1, 0.15) is 43.4 Å². The number of nitrogens with one attached hydrogen (secondary N) is 1. The zero-order valence-electron chi connectivity index (χ0n) is 19.1. The summed E-state index contributed by atoms with van der Waals surface area (Å²) < 4.78 is 17.0. The van der Waals surface area contributed by atoms with Gasteiger partial charge in [0.25, 0.3) is 0 Å². The smallest absolute Gasteiger partial charge is 0.217 e. The second-order valence-corrected chi connectivity index (χ2v) is 8.26. The summed E-state index contributed by atoms with van der Waals surface area (Å²) in [5.41, 5.74) is 4.20. The molecule has 0 aromatic heterocycles. The van der Waals surface area contributed by atoms with Gasteiger partial charge in [-0.2, -0.15) is 0 Å². The van der Waals surface area contributed by atoms with Gasteiger partial charge in [0.2, 0.25) is 17.1 Å². The van der Waals surface area contributed by atoms with Crippen LogP contribution in [0.4, 0.5) is 5.69 Å². The molecule has 1 aliphatic heterocycles. The number of aryl methyl sites for hydroxylation is 1. The highest BCUT2D eigenvalue weighted by molar-refractivity contribution is 5.83. The summed E-state index contributed by atoms with van der Waals surface area (Å²) in [6.45, 7) is 3.26. The molecule has 2 aromatic carbocycles. The molecule has 0 unspecified atom stereocenters. The minimum Gasteiger partial charge on any atom is -0.493 e. The third-order valence-corrected chi connectivity index (χ3v) is 6.34. The highest BCUT2D eigenvalue weighted by Gasteiger charge is 2.29. The standard InChI is InChI=1S/C25H30N2O5/c1-15(28)26-19-9-7-16-13-22(30-2)24(31-3)25(32-4)23(16)17-8-10-20(21(29)14-18(17)19)27-11-5-6-12-27/h8,10,13-14,19H,5-7,9,11-12H2,1-4H3,(H,26,28)/t19-/m1/s1. The Labute approximate surface area is 188 Å². The lowest BCUT2D eigenvalue weighted by molar-refractivity contribution is -0.119. The van der Waals surface area contributed by atoms with E-state index in [0.717, 1.165) is 48.2 Å². The number of hydrogen-bond donors (Lipinski definition) is 1. The van der Waals surface area contributed by atoms with E-state index in [0.29, 0.717) is 35.8 Å². The fourth-order valence-corrected chi connectivity index (χ4v) is 4.92. The molecule has 32 heavy (non-hydrogen) atoms. The van der Waals surface area contributed by atoms with Crippen molar-refractivity contribution >= 4 is 11.6 Å². The lowest BCUT2D eigenvalue weighted by Gasteiger charge is -2.19. The molecule has 1 N–H and O–H groups in total. The number of benzene rings is 1. The fraction of sp³-hybridized carbons (Fsp3) is 0.440. The summed E-state index contributed by atoms with van der Waals surface area (Å²) in [7, 11) is 4.78. The minimum atomic E-state index is -0.289. The van der Waals surface area contributed by atoms with E-state index in [1.165, 1.54) is 6.92 Å². The molecule has 7 heteroatoms. The van der Waals surface area contributed by atoms with Crippen LogP contribution in [0.5, 0.6) is 17.2 Å². The molecule has 1 aliphatic carbocycles. The molecule has 1 fully saturated rings. The van der Waals surface area contributed by atoms with Gasteiger partial charge in [0.15, 0.2) is 11.5 Å². The van der Waals surface area contributed by atoms with E-state index in [1.807, 2.05) is 18.2 Å². The molecule has 0 bridgehead atoms. The van der Waals surface area contributed by atoms with Gasteiger partial charge >= 0.3 is 0 Å². The van der Waals surface area contributed by atoms with Crippen LogP contribution >= 0.6 is 0 Å². The second-order valence-electron chi connectivity index (χ2n) is 8.26. The Morgan fingerprint density at radius 1 is 1.03 bits per heavy atom. The van der Waals surface area contributed by atoms with Gasteiger partial charge in [-0.15, -0.1) is 0 Å². The zero-order valence-corrected chi connectivity index (χ0v) is 19.1. The highest BCUT2D eigenvalue weighted by Crippen LogP contribution is 2.50. The largest absolute Gasteiger partial charge is 0.493 e. The Hall–Kier alpha value is -3.22. The molecule has 2 aromatic rings. The Morgan fingerprint density at radius 3 is 2.38 bits per heavy atom. The van der Waals surface area contributed by atoms with Crippen LogP contribution < -0.4 is 29.9 Å². The van der Waals surface area contributed by atoms with Gasteiger partial charge in [0.1, 0.15) is 0 Å². The van der Waals surface area contributed by atoms with Crippen molar-refractivity contribution in [2.45, 2.75) is 38.6 Å². The number of carbonyl (C=O) groups excluding carboxylic acids is 1. The topological polar surface area (TPSA) is 77.1 Å². The molecule has 1 atom stereocenters. The van der Waals surface area contributed by atoms with Crippen LogP contribution in [0.2, 0.25) is 0 Å². The summed E-state index contributed by atoms with van der Waals surface area (Å²) in [4.78, 5) is 27.4. The van der Waals surface area contributed by atoms with Crippen molar-refractivity contribution in [3.8, 4) is 28.4 Å². The van der Waals surface area contributed by atoms with Crippen molar-refractivity contribution in [1.82, 2.24) is 5.32 Å². The van der Waals surface area contributed by atoms with Crippen molar-refractivity contribution in [3.05, 3.63) is 45.6 Å². The maximum absolute atomic E-state index is 13.3. The number of fused-ring (bicyclic) bond motifs is 3. The van der Waals surface area contributed by atoms with E-state index in [1.54, 1.807) is 27.4 Å². The lowest BCUT2D eigenvalue weighted by atomic mass is 9.95. The summed E-state index contributed by atoms with van der Waals surface area (Å²) in [5, 5.41) is 3.04. The minimum absolute atomic E-state index is 0.0357. The number of amides is 1. The average molecular weight is 439 g/mol. The molecular formula is C25H30N2O5. The van der Waals surface area contributed by atoms with Gasteiger partial charge in [-0.3, -0.25) is 9.59 Å². The maximum Gasteiger partial charge on any atom is 0.217 e. The van der Waals surface area contributed by atoms with Gasteiger partial charge in [-0.25, -0.2) is 0 Å². The SMILES string of the molecule is COc1cc2c(c(OC)c1OC)-c1ccc(N3CCCC3)c(=O)cc1[C@H](NC(C)=O)CC2. The van der Waals surface area contributed by atoms with Crippen LogP contribution in [-0.4, -0.2) is 40.3 Å². The molecular weight excluding hydrogens is 408 g/mol. The van der Waals surface area contributed by atoms with E-state index in [2.05, 4.69) is 10.2 Å². The molecule has 0 spiro atoms. The van der Waals surface area contributed by atoms with E-state index in [9.17, 15) is 9.59 Å². The number of ether oxygens (including phenoxy) is 3. The first kappa shape index (κ1) is 22.0. The van der Waals surface area contributed by atoms with Crippen LogP contribution in [-0.2, 0) is 11.2 Å². The third kappa shape index (κ3) is 3.87. The lowest BCUT2D eigenvalue weighted by Crippen LogP contribution is -2.27. The van der Waals surface area contributed by atoms with Crippen molar-refractivity contribution in [2.24, 2.45) is 0 Å². The Kier molecular flexibility index (Phi) is 6.26. The predicted octanol–water partition coefficient (Wildman–Crippen LogP) is 3.46. The normalized spacial score (nSPS) is 17.1. The fourth-order valence-electron chi connectivity index (χ4n) is 4.92. The van der Waals surface area contributed by atoms with Crippen LogP contribution in [0.25, 0.3) is 11.1 Å². The molecule has 0 saturated carbocycles. The number of carbonyl (C=O) groups is 1. The zero-order chi connectivity index (χ0) is 22.8. The van der Waals surface area contributed by atoms with Gasteiger partial charge < -0.3 is 24.4 Å². The summed E-state index contributed by atoms with van der Waals surface area (Å²) in [6.07, 6.45) is 3.50. The van der Waals surface area contributed by atoms with E-state index in [-0.39, 0.29) is 17.4 Å². The Morgan fingerprint density at radius 2 is 1.75 bits per heavy atom. The van der Waals surface area contributed by atoms with Crippen molar-refractivity contribution in [2.75, 3.05) is 39.3 Å². The highest BCUT2D eigenvalue weighted by atomic mass is 16.5. The van der Waals surface area contributed by atoms with E-state index < -0.39 is 0 Å². The molecule has 4 rings (SSSR count). The Bertz CT molecular complexity index is 1090. The summed E-state index contributed by atoms with van der Waals surface area (Å²) in [5.74, 6) is 1.53. The third-order valence-electron chi connectivity index (χ3n) is 6.34. The number of rotatable bonds is 5. The predicted molar refractivity (Wildman–Crippen MR) is 124 cm³/mol. The number of nitrogens with zero attached hydrogens (tertiary/aromatic N) is 1. The van der Waals surface area contributed by atoms with Gasteiger partial charge in [0, 0.05) is 25.6 Å². The molecule has 0 radical (unpaired) electrons. The quantitative estimate of drug-likeness (QED) is 0.770. The van der Waals surface area contributed by atoms with Crippen LogP contribution in [0.15, 0.2) is 29.1 Å². The van der Waals surface area contributed by atoms with E-state index >= 15 is 0 Å². The maximum atomic E-state index is 13.3. The first-order chi connectivity index (χ1) is 15.5. The number of anilines is 1. The first-order valence-corrected chi connectivity index (χ1v) is 11.0. The van der Waals surface area contributed by atoms with Gasteiger partial charge in [-0.05, 0) is 60.6 Å². The Balaban J connectivity index is 2.02. The van der Waals surface area contributed by atoms with Gasteiger partial charge in [0.05, 0.1) is 33.1 Å². The van der Waals surface area contributed by atoms with Crippen LogP contribution in [0, 0.1) is 0 Å². The molecule has 1 amide bonds. The molecule has 2 aliphatic rings. The van der Waals surface area contributed by atoms with Crippen LogP contribution in [0.3, 0.4) is 0 Å². The monoisotopic (exact) mass is 438 g/mol. The van der Waals surface area contributed by atoms with Gasteiger partial charge in [-0.1, -0.05) is 6.07 Å². The second kappa shape index (κ2) is 9.10. The number of hydrogen-bond acceptors (Lipinski definition) is 6. The van der Waals surface area contributed by atoms with Crippen molar-refractivity contribution in [1.29, 1.82) is 0 Å². The molecule has 170 valence electrons. The van der Waals surface area contributed by atoms with Crippen molar-refractivity contribution < 1.29 is 19.0 Å². The molecule has 1 heterocycles. The number of methoxy groups -OCH3 is 3. The summed E-state index contributed by atoms with van der Waals surface area (Å²) >= 11 is 0. The summed E-state index contributed by atoms with van der Waals surface area (Å²) in [6, 6.07) is 7.25. The van der Waals surface area contributed by atoms with E-state index in [4.69, 9.17) is 14.2 Å². The first-order valence-electron chi connectivity index (χ1n) is 11.0. The molecule has 1 saturated heterocycles. The average Bonchev–Trinajstić information content (AvgIpc) is 3.20. The van der Waals surface area contributed by atoms with Crippen molar-refractivity contribution in [3.63, 3.8) is 0 Å². The molecule has 7 nitrogen and oxygen atoms in total.